The van der Waals surface area contributed by atoms with Gasteiger partial charge in [-0.15, -0.1) is 0 Å². The van der Waals surface area contributed by atoms with Gasteiger partial charge in [0.2, 0.25) is 0 Å². The summed E-state index contributed by atoms with van der Waals surface area (Å²) in [5.74, 6) is 0.798. The zero-order valence-corrected chi connectivity index (χ0v) is 12.9. The summed E-state index contributed by atoms with van der Waals surface area (Å²) in [5, 5.41) is 1.70. The van der Waals surface area contributed by atoms with Crippen molar-refractivity contribution in [2.24, 2.45) is 0 Å². The minimum atomic E-state index is 0.0208. The molecule has 21 heavy (non-hydrogen) atoms. The van der Waals surface area contributed by atoms with Crippen molar-refractivity contribution < 1.29 is 4.74 Å². The maximum Gasteiger partial charge on any atom is 0.258 e. The second-order valence-electron chi connectivity index (χ2n) is 4.70. The number of benzene rings is 2. The molecule has 0 aliphatic heterocycles. The minimum Gasteiger partial charge on any atom is -0.492 e. The van der Waals surface area contributed by atoms with Gasteiger partial charge in [0, 0.05) is 16.1 Å². The number of fused-ring (bicyclic) bond motifs is 1. The van der Waals surface area contributed by atoms with Crippen molar-refractivity contribution in [3.8, 4) is 5.75 Å². The monoisotopic (exact) mass is 343 g/mol. The highest BCUT2D eigenvalue weighted by molar-refractivity contribution is 9.10. The lowest BCUT2D eigenvalue weighted by Crippen LogP contribution is -2.22. The number of aromatic nitrogens is 1. The third-order valence-corrected chi connectivity index (χ3v) is 3.83. The van der Waals surface area contributed by atoms with Crippen molar-refractivity contribution in [1.29, 1.82) is 0 Å². The molecule has 2 aromatic carbocycles. The molecule has 0 aliphatic rings. The van der Waals surface area contributed by atoms with Crippen LogP contribution in [0.2, 0.25) is 0 Å². The number of pyridine rings is 1. The van der Waals surface area contributed by atoms with Crippen LogP contribution in [0.4, 0.5) is 0 Å². The Balaban J connectivity index is 1.72. The number of nitrogens with zero attached hydrogens (tertiary/aromatic N) is 1. The van der Waals surface area contributed by atoms with Crippen molar-refractivity contribution in [3.05, 3.63) is 75.6 Å². The molecular formula is C17H14BrNO2. The van der Waals surface area contributed by atoms with Crippen LogP contribution in [0.5, 0.6) is 5.75 Å². The molecule has 1 aromatic heterocycles. The second kappa shape index (κ2) is 6.14. The molecule has 0 N–H and O–H groups in total. The Kier molecular flexibility index (Phi) is 4.06. The lowest BCUT2D eigenvalue weighted by Gasteiger charge is -2.09. The van der Waals surface area contributed by atoms with Gasteiger partial charge in [-0.3, -0.25) is 4.79 Å². The van der Waals surface area contributed by atoms with Crippen LogP contribution in [0, 0.1) is 0 Å². The molecule has 0 unspecified atom stereocenters. The summed E-state index contributed by atoms with van der Waals surface area (Å²) in [5.41, 5.74) is 0.0208. The number of hydrogen-bond acceptors (Lipinski definition) is 2. The van der Waals surface area contributed by atoms with E-state index in [1.54, 1.807) is 4.57 Å². The van der Waals surface area contributed by atoms with E-state index in [0.29, 0.717) is 13.2 Å². The van der Waals surface area contributed by atoms with E-state index >= 15 is 0 Å². The first-order chi connectivity index (χ1) is 10.2. The van der Waals surface area contributed by atoms with Gasteiger partial charge in [0.25, 0.3) is 5.56 Å². The van der Waals surface area contributed by atoms with Crippen molar-refractivity contribution in [1.82, 2.24) is 4.57 Å². The number of hydrogen-bond donors (Lipinski definition) is 0. The first kappa shape index (κ1) is 13.9. The standard InChI is InChI=1S/C17H14BrNO2/c18-14-5-7-15(8-6-14)21-12-11-19-10-9-13-3-1-2-4-16(13)17(19)20/h1-10H,11-12H2. The molecule has 0 radical (unpaired) electrons. The second-order valence-corrected chi connectivity index (χ2v) is 5.62. The molecule has 106 valence electrons. The van der Waals surface area contributed by atoms with Gasteiger partial charge in [0.05, 0.1) is 6.54 Å². The Morgan fingerprint density at radius 3 is 2.57 bits per heavy atom. The Bertz CT molecular complexity index is 809. The summed E-state index contributed by atoms with van der Waals surface area (Å²) in [4.78, 5) is 12.3. The molecule has 3 nitrogen and oxygen atoms in total. The molecule has 0 spiro atoms. The maximum absolute atomic E-state index is 12.3. The molecule has 0 aliphatic carbocycles. The molecule has 0 saturated heterocycles. The normalized spacial score (nSPS) is 10.7. The van der Waals surface area contributed by atoms with Gasteiger partial charge in [-0.2, -0.15) is 0 Å². The smallest absolute Gasteiger partial charge is 0.258 e. The van der Waals surface area contributed by atoms with Crippen molar-refractivity contribution in [2.45, 2.75) is 6.54 Å². The van der Waals surface area contributed by atoms with E-state index in [4.69, 9.17) is 4.74 Å². The lowest BCUT2D eigenvalue weighted by molar-refractivity contribution is 0.296. The number of ether oxygens (including phenoxy) is 1. The predicted octanol–water partition coefficient (Wildman–Crippen LogP) is 3.84. The van der Waals surface area contributed by atoms with Gasteiger partial charge < -0.3 is 9.30 Å². The number of rotatable bonds is 4. The summed E-state index contributed by atoms with van der Waals surface area (Å²) in [7, 11) is 0. The Morgan fingerprint density at radius 2 is 1.76 bits per heavy atom. The van der Waals surface area contributed by atoms with E-state index in [1.807, 2.05) is 60.8 Å². The fraction of sp³-hybridized carbons (Fsp3) is 0.118. The van der Waals surface area contributed by atoms with Crippen LogP contribution < -0.4 is 10.3 Å². The van der Waals surface area contributed by atoms with Crippen LogP contribution in [-0.2, 0) is 6.54 Å². The van der Waals surface area contributed by atoms with E-state index in [9.17, 15) is 4.79 Å². The SMILES string of the molecule is O=c1c2ccccc2ccn1CCOc1ccc(Br)cc1. The van der Waals surface area contributed by atoms with Gasteiger partial charge in [-0.25, -0.2) is 0 Å². The fourth-order valence-corrected chi connectivity index (χ4v) is 2.46. The largest absolute Gasteiger partial charge is 0.492 e. The van der Waals surface area contributed by atoms with Gasteiger partial charge in [-0.05, 0) is 41.8 Å². The average Bonchev–Trinajstić information content (AvgIpc) is 2.52. The van der Waals surface area contributed by atoms with E-state index in [-0.39, 0.29) is 5.56 Å². The topological polar surface area (TPSA) is 31.2 Å². The van der Waals surface area contributed by atoms with Crippen molar-refractivity contribution in [3.63, 3.8) is 0 Å². The molecule has 3 aromatic rings. The molecule has 0 amide bonds. The highest BCUT2D eigenvalue weighted by atomic mass is 79.9. The summed E-state index contributed by atoms with van der Waals surface area (Å²) >= 11 is 3.38. The third kappa shape index (κ3) is 3.16. The average molecular weight is 344 g/mol. The highest BCUT2D eigenvalue weighted by Crippen LogP contribution is 2.16. The zero-order valence-electron chi connectivity index (χ0n) is 11.3. The van der Waals surface area contributed by atoms with Gasteiger partial charge in [0.1, 0.15) is 12.4 Å². The molecule has 1 heterocycles. The Hall–Kier alpha value is -2.07. The van der Waals surface area contributed by atoms with E-state index in [0.717, 1.165) is 21.0 Å². The summed E-state index contributed by atoms with van der Waals surface area (Å²) in [6.45, 7) is 0.986. The van der Waals surface area contributed by atoms with Gasteiger partial charge >= 0.3 is 0 Å². The van der Waals surface area contributed by atoms with Crippen molar-refractivity contribution in [2.75, 3.05) is 6.61 Å². The molecule has 3 rings (SSSR count). The maximum atomic E-state index is 12.3. The Morgan fingerprint density at radius 1 is 1.00 bits per heavy atom. The first-order valence-electron chi connectivity index (χ1n) is 6.70. The van der Waals surface area contributed by atoms with Crippen LogP contribution in [0.15, 0.2) is 70.1 Å². The fourth-order valence-electron chi connectivity index (χ4n) is 2.20. The van der Waals surface area contributed by atoms with E-state index in [2.05, 4.69) is 15.9 Å². The molecule has 0 saturated carbocycles. The van der Waals surface area contributed by atoms with E-state index < -0.39 is 0 Å². The van der Waals surface area contributed by atoms with Crippen LogP contribution in [0.25, 0.3) is 10.8 Å². The highest BCUT2D eigenvalue weighted by Gasteiger charge is 2.02. The summed E-state index contributed by atoms with van der Waals surface area (Å²) in [6.07, 6.45) is 1.82. The van der Waals surface area contributed by atoms with Crippen LogP contribution in [0.1, 0.15) is 0 Å². The Labute approximate surface area is 130 Å². The molecule has 4 heteroatoms. The van der Waals surface area contributed by atoms with E-state index in [1.165, 1.54) is 0 Å². The molecule has 0 atom stereocenters. The molecular weight excluding hydrogens is 330 g/mol. The summed E-state index contributed by atoms with van der Waals surface area (Å²) in [6, 6.07) is 17.2. The third-order valence-electron chi connectivity index (χ3n) is 3.30. The van der Waals surface area contributed by atoms with Gasteiger partial charge in [0.15, 0.2) is 0 Å². The summed E-state index contributed by atoms with van der Waals surface area (Å²) < 4.78 is 8.35. The lowest BCUT2D eigenvalue weighted by atomic mass is 10.2. The quantitative estimate of drug-likeness (QED) is 0.720. The molecule has 0 bridgehead atoms. The zero-order chi connectivity index (χ0) is 14.7. The van der Waals surface area contributed by atoms with Crippen LogP contribution in [-0.4, -0.2) is 11.2 Å². The van der Waals surface area contributed by atoms with Gasteiger partial charge in [-0.1, -0.05) is 34.1 Å². The number of halogens is 1. The predicted molar refractivity (Wildman–Crippen MR) is 87.8 cm³/mol. The van der Waals surface area contributed by atoms with Crippen LogP contribution >= 0.6 is 15.9 Å². The first-order valence-corrected chi connectivity index (χ1v) is 7.50. The minimum absolute atomic E-state index is 0.0208. The molecule has 0 fully saturated rings. The van der Waals surface area contributed by atoms with Crippen LogP contribution in [0.3, 0.4) is 0 Å². The van der Waals surface area contributed by atoms with Crippen molar-refractivity contribution >= 4 is 26.7 Å².